The zero-order valence-electron chi connectivity index (χ0n) is 8.02. The van der Waals surface area contributed by atoms with Gasteiger partial charge < -0.3 is 10.5 Å². The van der Waals surface area contributed by atoms with Gasteiger partial charge in [0.15, 0.2) is 0 Å². The van der Waals surface area contributed by atoms with Gasteiger partial charge in [-0.2, -0.15) is 0 Å². The van der Waals surface area contributed by atoms with Crippen molar-refractivity contribution in [1.82, 2.24) is 0 Å². The Kier molecular flexibility index (Phi) is 4.35. The van der Waals surface area contributed by atoms with Crippen molar-refractivity contribution in [2.75, 3.05) is 13.2 Å². The van der Waals surface area contributed by atoms with Crippen LogP contribution in [0.4, 0.5) is 4.39 Å². The molecular formula is C10H13BrFNO. The van der Waals surface area contributed by atoms with Gasteiger partial charge in [0, 0.05) is 0 Å². The molecule has 2 nitrogen and oxygen atoms in total. The van der Waals surface area contributed by atoms with Crippen LogP contribution in [0.3, 0.4) is 0 Å². The lowest BCUT2D eigenvalue weighted by Gasteiger charge is -2.11. The molecule has 0 saturated heterocycles. The van der Waals surface area contributed by atoms with Gasteiger partial charge in [-0.25, -0.2) is 4.39 Å². The summed E-state index contributed by atoms with van der Waals surface area (Å²) < 4.78 is 19.1. The molecule has 1 rings (SSSR count). The number of halogens is 2. The molecule has 0 amide bonds. The summed E-state index contributed by atoms with van der Waals surface area (Å²) in [5, 5.41) is 0. The second-order valence-electron chi connectivity index (χ2n) is 2.85. The minimum Gasteiger partial charge on any atom is -0.492 e. The van der Waals surface area contributed by atoms with Gasteiger partial charge >= 0.3 is 0 Å². The van der Waals surface area contributed by atoms with Crippen molar-refractivity contribution >= 4 is 15.9 Å². The summed E-state index contributed by atoms with van der Waals surface area (Å²) in [6.07, 6.45) is 0.617. The molecule has 0 unspecified atom stereocenters. The van der Waals surface area contributed by atoms with Crippen molar-refractivity contribution in [1.29, 1.82) is 0 Å². The number of hydrogen-bond donors (Lipinski definition) is 1. The predicted octanol–water partition coefficient (Wildman–Crippen LogP) is 2.49. The van der Waals surface area contributed by atoms with E-state index in [-0.39, 0.29) is 5.82 Å². The summed E-state index contributed by atoms with van der Waals surface area (Å²) in [6, 6.07) is 2.85. The van der Waals surface area contributed by atoms with Gasteiger partial charge in [0.05, 0.1) is 11.1 Å². The number of rotatable bonds is 4. The molecule has 78 valence electrons. The molecule has 0 aliphatic carbocycles. The van der Waals surface area contributed by atoms with Crippen molar-refractivity contribution in [2.45, 2.75) is 13.3 Å². The SMILES string of the molecule is CCOc1c(Br)cc(F)cc1CCN. The van der Waals surface area contributed by atoms with Crippen LogP contribution in [-0.2, 0) is 6.42 Å². The van der Waals surface area contributed by atoms with E-state index in [0.717, 1.165) is 5.56 Å². The molecule has 0 aliphatic rings. The van der Waals surface area contributed by atoms with E-state index in [1.165, 1.54) is 12.1 Å². The quantitative estimate of drug-likeness (QED) is 0.904. The Morgan fingerprint density at radius 1 is 1.50 bits per heavy atom. The molecule has 0 atom stereocenters. The Morgan fingerprint density at radius 3 is 2.79 bits per heavy atom. The monoisotopic (exact) mass is 261 g/mol. The van der Waals surface area contributed by atoms with Crippen molar-refractivity contribution in [2.24, 2.45) is 5.73 Å². The smallest absolute Gasteiger partial charge is 0.136 e. The summed E-state index contributed by atoms with van der Waals surface area (Å²) in [4.78, 5) is 0. The molecule has 4 heteroatoms. The lowest BCUT2D eigenvalue weighted by molar-refractivity contribution is 0.333. The molecule has 2 N–H and O–H groups in total. The highest BCUT2D eigenvalue weighted by molar-refractivity contribution is 9.10. The van der Waals surface area contributed by atoms with E-state index >= 15 is 0 Å². The highest BCUT2D eigenvalue weighted by Gasteiger charge is 2.09. The number of hydrogen-bond acceptors (Lipinski definition) is 2. The molecule has 0 spiro atoms. The minimum atomic E-state index is -0.274. The highest BCUT2D eigenvalue weighted by Crippen LogP contribution is 2.30. The van der Waals surface area contributed by atoms with E-state index in [9.17, 15) is 4.39 Å². The molecule has 0 radical (unpaired) electrons. The Labute approximate surface area is 91.4 Å². The van der Waals surface area contributed by atoms with Crippen LogP contribution in [0.2, 0.25) is 0 Å². The van der Waals surface area contributed by atoms with Crippen LogP contribution in [0, 0.1) is 5.82 Å². The van der Waals surface area contributed by atoms with Gasteiger partial charge in [-0.05, 0) is 53.5 Å². The Bertz CT molecular complexity index is 317. The average Bonchev–Trinajstić information content (AvgIpc) is 2.11. The lowest BCUT2D eigenvalue weighted by atomic mass is 10.1. The molecule has 0 bridgehead atoms. The Hall–Kier alpha value is -0.610. The first kappa shape index (κ1) is 11.5. The maximum Gasteiger partial charge on any atom is 0.136 e. The third-order valence-electron chi connectivity index (χ3n) is 1.79. The maximum atomic E-state index is 13.0. The van der Waals surface area contributed by atoms with Crippen molar-refractivity contribution < 1.29 is 9.13 Å². The van der Waals surface area contributed by atoms with Crippen LogP contribution in [0.25, 0.3) is 0 Å². The van der Waals surface area contributed by atoms with E-state index in [1.54, 1.807) is 0 Å². The summed E-state index contributed by atoms with van der Waals surface area (Å²) in [7, 11) is 0. The van der Waals surface area contributed by atoms with Crippen LogP contribution in [0.5, 0.6) is 5.75 Å². The second-order valence-corrected chi connectivity index (χ2v) is 3.70. The van der Waals surface area contributed by atoms with Gasteiger partial charge in [-0.1, -0.05) is 0 Å². The zero-order valence-corrected chi connectivity index (χ0v) is 9.60. The summed E-state index contributed by atoms with van der Waals surface area (Å²) in [6.45, 7) is 2.93. The van der Waals surface area contributed by atoms with Gasteiger partial charge in [0.25, 0.3) is 0 Å². The summed E-state index contributed by atoms with van der Waals surface area (Å²) in [5.41, 5.74) is 6.24. The average molecular weight is 262 g/mol. The molecule has 1 aromatic rings. The standard InChI is InChI=1S/C10H13BrFNO/c1-2-14-10-7(3-4-13)5-8(12)6-9(10)11/h5-6H,2-4,13H2,1H3. The fourth-order valence-corrected chi connectivity index (χ4v) is 1.85. The largest absolute Gasteiger partial charge is 0.492 e. The van der Waals surface area contributed by atoms with Crippen LogP contribution >= 0.6 is 15.9 Å². The maximum absolute atomic E-state index is 13.0. The third-order valence-corrected chi connectivity index (χ3v) is 2.38. The van der Waals surface area contributed by atoms with E-state index < -0.39 is 0 Å². The van der Waals surface area contributed by atoms with Gasteiger partial charge in [-0.15, -0.1) is 0 Å². The fraction of sp³-hybridized carbons (Fsp3) is 0.400. The topological polar surface area (TPSA) is 35.2 Å². The van der Waals surface area contributed by atoms with Gasteiger partial charge in [0.1, 0.15) is 11.6 Å². The highest BCUT2D eigenvalue weighted by atomic mass is 79.9. The molecule has 0 aliphatic heterocycles. The molecule has 0 heterocycles. The van der Waals surface area contributed by atoms with Crippen molar-refractivity contribution in [3.05, 3.63) is 28.0 Å². The van der Waals surface area contributed by atoms with Crippen molar-refractivity contribution in [3.8, 4) is 5.75 Å². The zero-order chi connectivity index (χ0) is 10.6. The van der Waals surface area contributed by atoms with E-state index in [1.807, 2.05) is 6.92 Å². The van der Waals surface area contributed by atoms with E-state index in [4.69, 9.17) is 10.5 Å². The van der Waals surface area contributed by atoms with Crippen LogP contribution in [-0.4, -0.2) is 13.2 Å². The van der Waals surface area contributed by atoms with Crippen LogP contribution < -0.4 is 10.5 Å². The molecular weight excluding hydrogens is 249 g/mol. The summed E-state index contributed by atoms with van der Waals surface area (Å²) >= 11 is 3.26. The normalized spacial score (nSPS) is 10.3. The predicted molar refractivity (Wildman–Crippen MR) is 58.0 cm³/mol. The van der Waals surface area contributed by atoms with Crippen molar-refractivity contribution in [3.63, 3.8) is 0 Å². The Balaban J connectivity index is 3.07. The van der Waals surface area contributed by atoms with Gasteiger partial charge in [-0.3, -0.25) is 0 Å². The number of benzene rings is 1. The second kappa shape index (κ2) is 5.32. The molecule has 0 aromatic heterocycles. The van der Waals surface area contributed by atoms with Crippen LogP contribution in [0.1, 0.15) is 12.5 Å². The Morgan fingerprint density at radius 2 is 2.21 bits per heavy atom. The first-order chi connectivity index (χ1) is 6.69. The van der Waals surface area contributed by atoms with Crippen LogP contribution in [0.15, 0.2) is 16.6 Å². The molecule has 1 aromatic carbocycles. The first-order valence-corrected chi connectivity index (χ1v) is 5.29. The van der Waals surface area contributed by atoms with E-state index in [2.05, 4.69) is 15.9 Å². The van der Waals surface area contributed by atoms with Gasteiger partial charge in [0.2, 0.25) is 0 Å². The molecule has 0 saturated carbocycles. The third kappa shape index (κ3) is 2.69. The molecule has 14 heavy (non-hydrogen) atoms. The lowest BCUT2D eigenvalue weighted by Crippen LogP contribution is -2.06. The number of nitrogens with two attached hydrogens (primary N) is 1. The van der Waals surface area contributed by atoms with E-state index in [0.29, 0.717) is 29.8 Å². The fourth-order valence-electron chi connectivity index (χ4n) is 1.26. The summed E-state index contributed by atoms with van der Waals surface area (Å²) in [5.74, 6) is 0.420. The molecule has 0 fully saturated rings. The number of ether oxygens (including phenoxy) is 1. The minimum absolute atomic E-state index is 0.274. The first-order valence-electron chi connectivity index (χ1n) is 4.49.